The van der Waals surface area contributed by atoms with Gasteiger partial charge in [-0.15, -0.1) is 11.3 Å². The first-order valence-corrected chi connectivity index (χ1v) is 5.72. The Labute approximate surface area is 92.8 Å². The van der Waals surface area contributed by atoms with Gasteiger partial charge in [-0.2, -0.15) is 5.26 Å². The molecule has 1 aromatic heterocycles. The van der Waals surface area contributed by atoms with E-state index >= 15 is 0 Å². The predicted molar refractivity (Wildman–Crippen MR) is 57.9 cm³/mol. The summed E-state index contributed by atoms with van der Waals surface area (Å²) >= 11 is 1.39. The molecule has 15 heavy (non-hydrogen) atoms. The fraction of sp³-hybridized carbons (Fsp3) is 0.545. The van der Waals surface area contributed by atoms with Crippen LogP contribution in [0, 0.1) is 16.7 Å². The molecule has 0 spiro atoms. The molecular formula is C11H12N2OS. The molecule has 0 unspecified atom stereocenters. The molecule has 2 rings (SSSR count). The minimum Gasteiger partial charge on any atom is -0.293 e. The van der Waals surface area contributed by atoms with Crippen LogP contribution in [-0.4, -0.2) is 10.8 Å². The van der Waals surface area contributed by atoms with Gasteiger partial charge >= 0.3 is 0 Å². The molecule has 1 aliphatic carbocycles. The standard InChI is InChI=1S/C11H12N2OS/c1-11(2)5-7-10(8(14)6-11)15-9(13-7)3-4-12/h3,5-6H2,1-2H3. The summed E-state index contributed by atoms with van der Waals surface area (Å²) in [5.41, 5.74) is 0.911. The molecule has 0 amide bonds. The number of fused-ring (bicyclic) bond motifs is 1. The Balaban J connectivity index is 2.39. The highest BCUT2D eigenvalue weighted by atomic mass is 32.1. The lowest BCUT2D eigenvalue weighted by Crippen LogP contribution is -2.25. The fourth-order valence-corrected chi connectivity index (χ4v) is 2.86. The molecule has 1 aliphatic rings. The first-order valence-electron chi connectivity index (χ1n) is 4.90. The lowest BCUT2D eigenvalue weighted by Gasteiger charge is -2.26. The normalized spacial score (nSPS) is 18.3. The number of carbonyl (C=O) groups is 1. The van der Waals surface area contributed by atoms with Gasteiger partial charge in [-0.1, -0.05) is 13.8 Å². The van der Waals surface area contributed by atoms with Crippen molar-refractivity contribution in [3.8, 4) is 6.07 Å². The molecule has 0 radical (unpaired) electrons. The van der Waals surface area contributed by atoms with E-state index in [2.05, 4.69) is 24.9 Å². The number of ketones is 1. The third-order valence-electron chi connectivity index (χ3n) is 2.51. The van der Waals surface area contributed by atoms with Gasteiger partial charge in [-0.3, -0.25) is 4.79 Å². The summed E-state index contributed by atoms with van der Waals surface area (Å²) in [7, 11) is 0. The van der Waals surface area contributed by atoms with E-state index in [1.54, 1.807) is 0 Å². The van der Waals surface area contributed by atoms with Gasteiger partial charge in [-0.25, -0.2) is 4.98 Å². The molecule has 0 saturated carbocycles. The first-order chi connectivity index (χ1) is 7.02. The van der Waals surface area contributed by atoms with Crippen LogP contribution >= 0.6 is 11.3 Å². The Bertz CT molecular complexity index is 454. The zero-order valence-corrected chi connectivity index (χ0v) is 9.65. The largest absolute Gasteiger partial charge is 0.293 e. The smallest absolute Gasteiger partial charge is 0.175 e. The molecule has 0 N–H and O–H groups in total. The summed E-state index contributed by atoms with van der Waals surface area (Å²) in [6, 6.07) is 2.07. The third kappa shape index (κ3) is 1.93. The molecule has 4 heteroatoms. The van der Waals surface area contributed by atoms with Crippen molar-refractivity contribution in [3.05, 3.63) is 15.6 Å². The van der Waals surface area contributed by atoms with Crippen molar-refractivity contribution in [1.82, 2.24) is 4.98 Å². The van der Waals surface area contributed by atoms with E-state index < -0.39 is 0 Å². The average Bonchev–Trinajstić information content (AvgIpc) is 2.46. The number of thiazole rings is 1. The molecule has 0 fully saturated rings. The van der Waals surface area contributed by atoms with E-state index in [0.29, 0.717) is 12.8 Å². The lowest BCUT2D eigenvalue weighted by atomic mass is 9.78. The van der Waals surface area contributed by atoms with E-state index in [0.717, 1.165) is 22.0 Å². The molecule has 1 aromatic rings. The monoisotopic (exact) mass is 220 g/mol. The van der Waals surface area contributed by atoms with Crippen LogP contribution in [0.1, 0.15) is 40.6 Å². The highest BCUT2D eigenvalue weighted by Gasteiger charge is 2.33. The van der Waals surface area contributed by atoms with Gasteiger partial charge in [0.05, 0.1) is 23.1 Å². The van der Waals surface area contributed by atoms with Gasteiger partial charge in [-0.05, 0) is 11.8 Å². The zero-order chi connectivity index (χ0) is 11.1. The van der Waals surface area contributed by atoms with Gasteiger partial charge in [0.1, 0.15) is 5.01 Å². The van der Waals surface area contributed by atoms with Gasteiger partial charge in [0.2, 0.25) is 0 Å². The van der Waals surface area contributed by atoms with Crippen molar-refractivity contribution in [2.45, 2.75) is 33.1 Å². The van der Waals surface area contributed by atoms with E-state index in [1.807, 2.05) is 0 Å². The zero-order valence-electron chi connectivity index (χ0n) is 8.83. The molecular weight excluding hydrogens is 208 g/mol. The van der Waals surface area contributed by atoms with Crippen molar-refractivity contribution in [2.75, 3.05) is 0 Å². The number of rotatable bonds is 1. The van der Waals surface area contributed by atoms with Crippen LogP contribution in [0.5, 0.6) is 0 Å². The molecule has 0 bridgehead atoms. The van der Waals surface area contributed by atoms with E-state index in [-0.39, 0.29) is 11.2 Å². The van der Waals surface area contributed by atoms with Gasteiger partial charge in [0, 0.05) is 6.42 Å². The summed E-state index contributed by atoms with van der Waals surface area (Å²) in [6.07, 6.45) is 1.75. The first kappa shape index (κ1) is 10.3. The minimum absolute atomic E-state index is 0.0159. The van der Waals surface area contributed by atoms with Crippen LogP contribution in [0.2, 0.25) is 0 Å². The highest BCUT2D eigenvalue weighted by Crippen LogP contribution is 2.36. The summed E-state index contributed by atoms with van der Waals surface area (Å²) in [5.74, 6) is 0.183. The third-order valence-corrected chi connectivity index (χ3v) is 3.65. The maximum atomic E-state index is 11.8. The van der Waals surface area contributed by atoms with Crippen molar-refractivity contribution in [2.24, 2.45) is 5.41 Å². The molecule has 1 heterocycles. The Morgan fingerprint density at radius 2 is 2.27 bits per heavy atom. The fourth-order valence-electron chi connectivity index (χ4n) is 1.91. The summed E-state index contributed by atoms with van der Waals surface area (Å²) in [5, 5.41) is 9.35. The second-order valence-corrected chi connectivity index (χ2v) is 5.74. The quantitative estimate of drug-likeness (QED) is 0.730. The number of nitriles is 1. The number of aromatic nitrogens is 1. The van der Waals surface area contributed by atoms with Crippen LogP contribution in [0.25, 0.3) is 0 Å². The van der Waals surface area contributed by atoms with Crippen LogP contribution in [0.15, 0.2) is 0 Å². The van der Waals surface area contributed by atoms with Gasteiger partial charge in [0.25, 0.3) is 0 Å². The van der Waals surface area contributed by atoms with E-state index in [4.69, 9.17) is 5.26 Å². The number of carbonyl (C=O) groups excluding carboxylic acids is 1. The van der Waals surface area contributed by atoms with E-state index in [9.17, 15) is 4.79 Å². The number of nitrogens with zero attached hydrogens (tertiary/aromatic N) is 2. The molecule has 0 aliphatic heterocycles. The maximum Gasteiger partial charge on any atom is 0.175 e. The van der Waals surface area contributed by atoms with Crippen LogP contribution in [0.3, 0.4) is 0 Å². The Morgan fingerprint density at radius 3 is 2.93 bits per heavy atom. The maximum absolute atomic E-state index is 11.8. The lowest BCUT2D eigenvalue weighted by molar-refractivity contribution is 0.0916. The molecule has 0 atom stereocenters. The summed E-state index contributed by atoms with van der Waals surface area (Å²) in [4.78, 5) is 16.9. The van der Waals surface area contributed by atoms with Crippen LogP contribution in [-0.2, 0) is 12.8 Å². The van der Waals surface area contributed by atoms with Crippen molar-refractivity contribution < 1.29 is 4.79 Å². The molecule has 3 nitrogen and oxygen atoms in total. The average molecular weight is 220 g/mol. The second-order valence-electron chi connectivity index (χ2n) is 4.66. The Morgan fingerprint density at radius 1 is 1.53 bits per heavy atom. The number of Topliss-reactive ketones (excluding diaryl/α,β-unsaturated/α-hetero) is 1. The molecule has 0 aromatic carbocycles. The summed E-state index contributed by atoms with van der Waals surface area (Å²) < 4.78 is 0. The Hall–Kier alpha value is -1.21. The number of hydrogen-bond donors (Lipinski definition) is 0. The van der Waals surface area contributed by atoms with Crippen LogP contribution < -0.4 is 0 Å². The van der Waals surface area contributed by atoms with Crippen molar-refractivity contribution in [3.63, 3.8) is 0 Å². The van der Waals surface area contributed by atoms with E-state index in [1.165, 1.54) is 11.3 Å². The SMILES string of the molecule is CC1(C)CC(=O)c2sc(CC#N)nc2C1. The van der Waals surface area contributed by atoms with Crippen molar-refractivity contribution >= 4 is 17.1 Å². The molecule has 78 valence electrons. The predicted octanol–water partition coefficient (Wildman–Crippen LogP) is 2.36. The van der Waals surface area contributed by atoms with Gasteiger partial charge < -0.3 is 0 Å². The van der Waals surface area contributed by atoms with Gasteiger partial charge in [0.15, 0.2) is 5.78 Å². The summed E-state index contributed by atoms with van der Waals surface area (Å²) in [6.45, 7) is 4.16. The Kier molecular flexibility index (Phi) is 2.35. The number of hydrogen-bond acceptors (Lipinski definition) is 4. The highest BCUT2D eigenvalue weighted by molar-refractivity contribution is 7.13. The van der Waals surface area contributed by atoms with Crippen molar-refractivity contribution in [1.29, 1.82) is 5.26 Å². The topological polar surface area (TPSA) is 53.8 Å². The molecule has 0 saturated heterocycles. The second kappa shape index (κ2) is 3.42. The minimum atomic E-state index is 0.0159. The van der Waals surface area contributed by atoms with Crippen LogP contribution in [0.4, 0.5) is 0 Å².